The summed E-state index contributed by atoms with van der Waals surface area (Å²) in [7, 11) is -1.26. The van der Waals surface area contributed by atoms with Crippen molar-refractivity contribution >= 4 is 50.0 Å². The van der Waals surface area contributed by atoms with Crippen LogP contribution in [0.25, 0.3) is 5.57 Å². The predicted octanol–water partition coefficient (Wildman–Crippen LogP) is 5.57. The predicted molar refractivity (Wildman–Crippen MR) is 160 cm³/mol. The molecule has 3 heterocycles. The van der Waals surface area contributed by atoms with Gasteiger partial charge in [0.15, 0.2) is 5.11 Å². The van der Waals surface area contributed by atoms with Gasteiger partial charge in [-0.1, -0.05) is 18.2 Å². The normalized spacial score (nSPS) is 20.6. The number of benzene rings is 2. The Morgan fingerprint density at radius 1 is 1.08 bits per heavy atom. The Hall–Kier alpha value is -3.43. The minimum absolute atomic E-state index is 0.0725. The summed E-state index contributed by atoms with van der Waals surface area (Å²) in [4.78, 5) is 9.08. The highest BCUT2D eigenvalue weighted by Gasteiger charge is 2.41. The van der Waals surface area contributed by atoms with E-state index in [2.05, 4.69) is 76.9 Å². The standard InChI is InChI=1S/C29H33N5O2S2/c1-18-15-21(11-12-23(18)32-38(6,35)36)34-27(26(31-28(34)37)24-9-7-8-14-30-24)20-10-13-25-22(16-20)19(2)17-29(3,4)33(25)5/h7-17,26-27,32H,1-6H3,(H,31,37)/t26-,27-/m1/s1. The number of thiocarbonyl (C=S) groups is 1. The van der Waals surface area contributed by atoms with Gasteiger partial charge in [0.05, 0.1) is 35.3 Å². The van der Waals surface area contributed by atoms with Crippen molar-refractivity contribution in [3.63, 3.8) is 0 Å². The average molecular weight is 548 g/mol. The number of aromatic nitrogens is 1. The molecule has 38 heavy (non-hydrogen) atoms. The SMILES string of the molecule is CC1=CC(C)(C)N(C)c2ccc([C@@H]3[C@@H](c4ccccn4)NC(=S)N3c3ccc(NS(C)(=O)=O)c(C)c3)cc21. The number of hydrogen-bond acceptors (Lipinski definition) is 5. The molecule has 1 aromatic heterocycles. The van der Waals surface area contributed by atoms with Gasteiger partial charge in [-0.3, -0.25) is 9.71 Å². The number of pyridine rings is 1. The summed E-state index contributed by atoms with van der Waals surface area (Å²) >= 11 is 5.89. The number of hydrogen-bond donors (Lipinski definition) is 2. The third kappa shape index (κ3) is 4.76. The molecule has 0 radical (unpaired) electrons. The second kappa shape index (κ2) is 9.39. The van der Waals surface area contributed by atoms with Gasteiger partial charge in [-0.2, -0.15) is 0 Å². The summed E-state index contributed by atoms with van der Waals surface area (Å²) < 4.78 is 26.2. The highest BCUT2D eigenvalue weighted by molar-refractivity contribution is 7.92. The summed E-state index contributed by atoms with van der Waals surface area (Å²) in [5.41, 5.74) is 7.82. The third-order valence-corrected chi connectivity index (χ3v) is 8.37. The van der Waals surface area contributed by atoms with Gasteiger partial charge in [0.2, 0.25) is 10.0 Å². The molecule has 2 N–H and O–H groups in total. The summed E-state index contributed by atoms with van der Waals surface area (Å²) in [6.45, 7) is 8.49. The van der Waals surface area contributed by atoms with Crippen molar-refractivity contribution in [3.8, 4) is 0 Å². The van der Waals surface area contributed by atoms with Crippen LogP contribution in [-0.4, -0.2) is 37.4 Å². The smallest absolute Gasteiger partial charge is 0.229 e. The molecule has 1 saturated heterocycles. The molecule has 7 nitrogen and oxygen atoms in total. The van der Waals surface area contributed by atoms with Crippen molar-refractivity contribution in [1.82, 2.24) is 10.3 Å². The second-order valence-corrected chi connectivity index (χ2v) is 12.8. The lowest BCUT2D eigenvalue weighted by Gasteiger charge is -2.41. The van der Waals surface area contributed by atoms with Gasteiger partial charge >= 0.3 is 0 Å². The lowest BCUT2D eigenvalue weighted by Crippen LogP contribution is -2.42. The van der Waals surface area contributed by atoms with E-state index in [4.69, 9.17) is 12.2 Å². The molecular formula is C29H33N5O2S2. The molecule has 5 rings (SSSR count). The van der Waals surface area contributed by atoms with Crippen LogP contribution in [0.1, 0.15) is 55.2 Å². The van der Waals surface area contributed by atoms with Crippen LogP contribution in [0.5, 0.6) is 0 Å². The van der Waals surface area contributed by atoms with Crippen molar-refractivity contribution in [1.29, 1.82) is 0 Å². The van der Waals surface area contributed by atoms with Crippen LogP contribution < -0.4 is 19.8 Å². The minimum atomic E-state index is -3.39. The molecule has 3 aromatic rings. The van der Waals surface area contributed by atoms with Crippen LogP contribution in [-0.2, 0) is 10.0 Å². The summed E-state index contributed by atoms with van der Waals surface area (Å²) in [5.74, 6) is 0. The van der Waals surface area contributed by atoms with E-state index < -0.39 is 10.0 Å². The zero-order valence-corrected chi connectivity index (χ0v) is 24.1. The molecule has 2 atom stereocenters. The Labute approximate surface area is 230 Å². The Morgan fingerprint density at radius 3 is 2.50 bits per heavy atom. The fourth-order valence-corrected chi connectivity index (χ4v) is 6.42. The lowest BCUT2D eigenvalue weighted by molar-refractivity contribution is 0.566. The Kier molecular flexibility index (Phi) is 6.47. The Morgan fingerprint density at radius 2 is 1.84 bits per heavy atom. The first kappa shape index (κ1) is 26.2. The van der Waals surface area contributed by atoms with Gasteiger partial charge < -0.3 is 15.1 Å². The molecule has 1 fully saturated rings. The third-order valence-electron chi connectivity index (χ3n) is 7.46. The maximum absolute atomic E-state index is 11.8. The lowest BCUT2D eigenvalue weighted by atomic mass is 9.86. The molecule has 0 spiro atoms. The average Bonchev–Trinajstić information content (AvgIpc) is 3.20. The van der Waals surface area contributed by atoms with Crippen molar-refractivity contribution in [3.05, 3.63) is 89.3 Å². The number of likely N-dealkylation sites (N-methyl/N-ethyl adjacent to an activating group) is 1. The van der Waals surface area contributed by atoms with Crippen LogP contribution in [0, 0.1) is 6.92 Å². The van der Waals surface area contributed by atoms with Gasteiger partial charge in [0, 0.05) is 30.2 Å². The van der Waals surface area contributed by atoms with E-state index in [9.17, 15) is 8.42 Å². The van der Waals surface area contributed by atoms with Crippen LogP contribution in [0.15, 0.2) is 66.9 Å². The number of allylic oxidation sites excluding steroid dienone is 1. The molecular weight excluding hydrogens is 514 g/mol. The summed E-state index contributed by atoms with van der Waals surface area (Å²) in [6, 6.07) is 17.9. The second-order valence-electron chi connectivity index (χ2n) is 10.7. The van der Waals surface area contributed by atoms with Crippen LogP contribution >= 0.6 is 12.2 Å². The zero-order valence-electron chi connectivity index (χ0n) is 22.5. The van der Waals surface area contributed by atoms with Gasteiger partial charge in [-0.05, 0) is 99.1 Å². The number of rotatable bonds is 5. The van der Waals surface area contributed by atoms with E-state index in [0.717, 1.165) is 28.8 Å². The highest BCUT2D eigenvalue weighted by atomic mass is 32.2. The monoisotopic (exact) mass is 547 g/mol. The van der Waals surface area contributed by atoms with Crippen molar-refractivity contribution < 1.29 is 8.42 Å². The highest BCUT2D eigenvalue weighted by Crippen LogP contribution is 2.45. The van der Waals surface area contributed by atoms with Crippen molar-refractivity contribution in [2.75, 3.05) is 27.8 Å². The van der Waals surface area contributed by atoms with Gasteiger partial charge in [-0.15, -0.1) is 0 Å². The number of sulfonamides is 1. The fraction of sp³-hybridized carbons (Fsp3) is 0.310. The molecule has 2 aliphatic rings. The first-order valence-electron chi connectivity index (χ1n) is 12.5. The molecule has 0 saturated carbocycles. The summed E-state index contributed by atoms with van der Waals surface area (Å²) in [5, 5.41) is 4.11. The molecule has 2 aliphatic heterocycles. The summed E-state index contributed by atoms with van der Waals surface area (Å²) in [6.07, 6.45) is 5.26. The van der Waals surface area contributed by atoms with E-state index in [1.807, 2.05) is 37.3 Å². The van der Waals surface area contributed by atoms with Gasteiger partial charge in [0.1, 0.15) is 0 Å². The Balaban J connectivity index is 1.63. The van der Waals surface area contributed by atoms with E-state index in [-0.39, 0.29) is 17.6 Å². The zero-order chi connectivity index (χ0) is 27.4. The maximum Gasteiger partial charge on any atom is 0.229 e. The number of nitrogens with zero attached hydrogens (tertiary/aromatic N) is 3. The molecule has 198 valence electrons. The first-order valence-corrected chi connectivity index (χ1v) is 14.8. The van der Waals surface area contributed by atoms with E-state index in [0.29, 0.717) is 10.8 Å². The van der Waals surface area contributed by atoms with E-state index in [1.54, 1.807) is 12.3 Å². The van der Waals surface area contributed by atoms with E-state index in [1.165, 1.54) is 16.8 Å². The van der Waals surface area contributed by atoms with Crippen molar-refractivity contribution in [2.24, 2.45) is 0 Å². The number of anilines is 3. The molecule has 0 unspecified atom stereocenters. The van der Waals surface area contributed by atoms with Crippen LogP contribution in [0.2, 0.25) is 0 Å². The number of nitrogens with one attached hydrogen (secondary N) is 2. The van der Waals surface area contributed by atoms with Crippen LogP contribution in [0.3, 0.4) is 0 Å². The van der Waals surface area contributed by atoms with Crippen molar-refractivity contribution in [2.45, 2.75) is 45.3 Å². The van der Waals surface area contributed by atoms with E-state index >= 15 is 0 Å². The quantitative estimate of drug-likeness (QED) is 0.405. The molecule has 0 amide bonds. The van der Waals surface area contributed by atoms with Gasteiger partial charge in [-0.25, -0.2) is 8.42 Å². The first-order chi connectivity index (χ1) is 17.9. The molecule has 9 heteroatoms. The molecule has 0 bridgehead atoms. The molecule has 0 aliphatic carbocycles. The topological polar surface area (TPSA) is 77.6 Å². The number of fused-ring (bicyclic) bond motifs is 1. The fourth-order valence-electron chi connectivity index (χ4n) is 5.44. The van der Waals surface area contributed by atoms with Crippen LogP contribution in [0.4, 0.5) is 17.1 Å². The maximum atomic E-state index is 11.8. The minimum Gasteiger partial charge on any atom is -0.366 e. The Bertz CT molecular complexity index is 1550. The number of aryl methyl sites for hydroxylation is 1. The van der Waals surface area contributed by atoms with Gasteiger partial charge in [0.25, 0.3) is 0 Å². The molecule has 2 aromatic carbocycles. The largest absolute Gasteiger partial charge is 0.366 e.